The van der Waals surface area contributed by atoms with E-state index in [0.717, 1.165) is 18.4 Å². The molecule has 2 saturated heterocycles. The van der Waals surface area contributed by atoms with Crippen LogP contribution in [0.1, 0.15) is 32.6 Å². The zero-order chi connectivity index (χ0) is 18.1. The van der Waals surface area contributed by atoms with Gasteiger partial charge in [0.1, 0.15) is 5.66 Å². The van der Waals surface area contributed by atoms with Crippen molar-refractivity contribution in [1.82, 2.24) is 30.0 Å². The van der Waals surface area contributed by atoms with Crippen molar-refractivity contribution in [2.75, 3.05) is 19.8 Å². The van der Waals surface area contributed by atoms with E-state index in [1.165, 1.54) is 0 Å². The van der Waals surface area contributed by atoms with Crippen LogP contribution in [0.15, 0.2) is 18.7 Å². The number of rotatable bonds is 2. The molecule has 0 aromatic carbocycles. The largest absolute Gasteiger partial charge is 0.393 e. The third-order valence-corrected chi connectivity index (χ3v) is 5.43. The molecule has 0 radical (unpaired) electrons. The molecule has 0 aliphatic carbocycles. The van der Waals surface area contributed by atoms with Crippen molar-refractivity contribution in [2.45, 2.75) is 50.4 Å². The Bertz CT molecular complexity index is 746. The molecule has 0 spiro atoms. The van der Waals surface area contributed by atoms with Crippen molar-refractivity contribution in [3.05, 3.63) is 18.7 Å². The highest BCUT2D eigenvalue weighted by atomic mass is 16.5. The molecule has 2 unspecified atom stereocenters. The van der Waals surface area contributed by atoms with Gasteiger partial charge in [-0.15, -0.1) is 5.10 Å². The molecule has 2 fully saturated rings. The molecule has 0 bridgehead atoms. The average molecular weight is 360 g/mol. The van der Waals surface area contributed by atoms with Crippen molar-refractivity contribution in [1.29, 1.82) is 0 Å². The first-order chi connectivity index (χ1) is 12.6. The summed E-state index contributed by atoms with van der Waals surface area (Å²) >= 11 is 0. The standard InChI is InChI=1S/C17H24N6O3/c1-17(22-10-12-9-19-21-15(12)18-11-22)8-14(24)2-5-23(17)16(25)20-13-3-6-26-7-4-13/h9-11,13-14,24H,2-8H2,1H3,(H,20,25). The number of hydrogen-bond donors (Lipinski definition) is 2. The van der Waals surface area contributed by atoms with Crippen molar-refractivity contribution in [2.24, 2.45) is 0 Å². The normalized spacial score (nSPS) is 27.6. The second-order valence-electron chi connectivity index (χ2n) is 7.26. The Hall–Kier alpha value is -2.26. The third-order valence-electron chi connectivity index (χ3n) is 5.43. The minimum atomic E-state index is -0.717. The van der Waals surface area contributed by atoms with E-state index in [1.54, 1.807) is 17.4 Å². The predicted molar refractivity (Wildman–Crippen MR) is 92.4 cm³/mol. The topological polar surface area (TPSA) is 105 Å². The molecule has 4 aliphatic rings. The molecule has 2 N–H and O–H groups in total. The molecular formula is C17H24N6O3. The fourth-order valence-electron chi connectivity index (χ4n) is 3.85. The summed E-state index contributed by atoms with van der Waals surface area (Å²) in [5.41, 5.74) is 0.0873. The lowest BCUT2D eigenvalue weighted by Crippen LogP contribution is -2.60. The lowest BCUT2D eigenvalue weighted by Gasteiger charge is -2.48. The number of piperidine rings is 1. The number of amides is 2. The molecule has 2 atom stereocenters. The Morgan fingerprint density at radius 1 is 1.38 bits per heavy atom. The molecule has 140 valence electrons. The molecule has 26 heavy (non-hydrogen) atoms. The molecule has 4 aliphatic heterocycles. The highest BCUT2D eigenvalue weighted by Gasteiger charge is 2.42. The van der Waals surface area contributed by atoms with Crippen LogP contribution in [0.4, 0.5) is 4.79 Å². The number of carbonyl (C=O) groups is 1. The smallest absolute Gasteiger partial charge is 0.319 e. The number of nitrogens with one attached hydrogen (secondary N) is 1. The van der Waals surface area contributed by atoms with Crippen molar-refractivity contribution < 1.29 is 14.6 Å². The Morgan fingerprint density at radius 3 is 3.00 bits per heavy atom. The molecular weight excluding hydrogens is 336 g/mol. The molecule has 2 amide bonds. The second-order valence-corrected chi connectivity index (χ2v) is 7.26. The van der Waals surface area contributed by atoms with Gasteiger partial charge in [-0.05, 0) is 26.2 Å². The van der Waals surface area contributed by atoms with Gasteiger partial charge in [0.25, 0.3) is 0 Å². The van der Waals surface area contributed by atoms with E-state index in [2.05, 4.69) is 20.5 Å². The van der Waals surface area contributed by atoms with Crippen LogP contribution in [0.3, 0.4) is 0 Å². The van der Waals surface area contributed by atoms with Crippen molar-refractivity contribution in [3.8, 4) is 11.4 Å². The maximum absolute atomic E-state index is 13.0. The van der Waals surface area contributed by atoms with Gasteiger partial charge in [0.05, 0.1) is 24.2 Å². The fraction of sp³-hybridized carbons (Fsp3) is 0.647. The summed E-state index contributed by atoms with van der Waals surface area (Å²) in [5.74, 6) is 0.569. The lowest BCUT2D eigenvalue weighted by atomic mass is 9.94. The van der Waals surface area contributed by atoms with Crippen LogP contribution in [0.25, 0.3) is 11.4 Å². The summed E-state index contributed by atoms with van der Waals surface area (Å²) in [5, 5.41) is 21.2. The number of aliphatic hydroxyl groups is 1. The number of likely N-dealkylation sites (tertiary alicyclic amines) is 1. The van der Waals surface area contributed by atoms with Crippen LogP contribution in [0.5, 0.6) is 0 Å². The van der Waals surface area contributed by atoms with Crippen LogP contribution < -0.4 is 5.32 Å². The summed E-state index contributed by atoms with van der Waals surface area (Å²) in [6.07, 6.45) is 7.37. The van der Waals surface area contributed by atoms with Crippen LogP contribution in [0.2, 0.25) is 0 Å². The summed E-state index contributed by atoms with van der Waals surface area (Å²) < 4.78 is 7.24. The van der Waals surface area contributed by atoms with E-state index < -0.39 is 11.8 Å². The molecule has 9 heteroatoms. The highest BCUT2D eigenvalue weighted by Crippen LogP contribution is 2.34. The van der Waals surface area contributed by atoms with Crippen LogP contribution in [-0.2, 0) is 10.4 Å². The molecule has 0 aromatic rings. The van der Waals surface area contributed by atoms with Gasteiger partial charge in [0.15, 0.2) is 5.82 Å². The van der Waals surface area contributed by atoms with E-state index in [0.29, 0.717) is 38.4 Å². The SMILES string of the molecule is CC1(n2cnc3nncc-3c2)CC(O)CCN1C(=O)NC1CCOCC1. The number of aromatic nitrogens is 4. The maximum Gasteiger partial charge on any atom is 0.319 e. The first kappa shape index (κ1) is 17.2. The van der Waals surface area contributed by atoms with Crippen LogP contribution in [-0.4, -0.2) is 67.7 Å². The fourth-order valence-corrected chi connectivity index (χ4v) is 3.85. The minimum absolute atomic E-state index is 0.113. The summed E-state index contributed by atoms with van der Waals surface area (Å²) in [6.45, 7) is 3.78. The number of ether oxygens (including phenoxy) is 1. The van der Waals surface area contributed by atoms with Gasteiger partial charge in [0.2, 0.25) is 0 Å². The number of carbonyl (C=O) groups excluding carboxylic acids is 1. The zero-order valence-corrected chi connectivity index (χ0v) is 14.8. The molecule has 0 aromatic heterocycles. The van der Waals surface area contributed by atoms with E-state index in [1.807, 2.05) is 17.7 Å². The first-order valence-corrected chi connectivity index (χ1v) is 9.06. The Balaban J connectivity index is 1.61. The van der Waals surface area contributed by atoms with Crippen molar-refractivity contribution in [3.63, 3.8) is 0 Å². The second kappa shape index (κ2) is 6.81. The molecule has 4 rings (SSSR count). The molecule has 0 saturated carbocycles. The summed E-state index contributed by atoms with van der Waals surface area (Å²) in [6, 6.07) is 0.0130. The summed E-state index contributed by atoms with van der Waals surface area (Å²) in [7, 11) is 0. The van der Waals surface area contributed by atoms with Gasteiger partial charge in [-0.1, -0.05) is 0 Å². The van der Waals surface area contributed by atoms with Gasteiger partial charge in [-0.2, -0.15) is 5.10 Å². The van der Waals surface area contributed by atoms with Crippen molar-refractivity contribution >= 4 is 6.03 Å². The van der Waals surface area contributed by atoms with Gasteiger partial charge in [-0.3, -0.25) is 0 Å². The summed E-state index contributed by atoms with van der Waals surface area (Å²) in [4.78, 5) is 19.1. The number of fused-ring (bicyclic) bond motifs is 1. The van der Waals surface area contributed by atoms with Gasteiger partial charge in [0, 0.05) is 38.4 Å². The monoisotopic (exact) mass is 360 g/mol. The van der Waals surface area contributed by atoms with E-state index in [4.69, 9.17) is 4.74 Å². The van der Waals surface area contributed by atoms with E-state index >= 15 is 0 Å². The highest BCUT2D eigenvalue weighted by molar-refractivity contribution is 5.75. The Labute approximate surface area is 151 Å². The third kappa shape index (κ3) is 3.12. The quantitative estimate of drug-likeness (QED) is 0.820. The lowest BCUT2D eigenvalue weighted by molar-refractivity contribution is -0.0337. The Kier molecular flexibility index (Phi) is 4.49. The van der Waals surface area contributed by atoms with Gasteiger partial charge < -0.3 is 24.6 Å². The minimum Gasteiger partial charge on any atom is -0.393 e. The van der Waals surface area contributed by atoms with Gasteiger partial charge >= 0.3 is 6.03 Å². The number of urea groups is 1. The van der Waals surface area contributed by atoms with Crippen LogP contribution in [0, 0.1) is 0 Å². The van der Waals surface area contributed by atoms with E-state index in [9.17, 15) is 9.90 Å². The van der Waals surface area contributed by atoms with Gasteiger partial charge in [-0.25, -0.2) is 9.78 Å². The number of nitrogens with zero attached hydrogens (tertiary/aromatic N) is 5. The molecule has 4 heterocycles. The van der Waals surface area contributed by atoms with E-state index in [-0.39, 0.29) is 12.1 Å². The first-order valence-electron chi connectivity index (χ1n) is 9.06. The Morgan fingerprint density at radius 2 is 2.19 bits per heavy atom. The van der Waals surface area contributed by atoms with Crippen LogP contribution >= 0.6 is 0 Å². The predicted octanol–water partition coefficient (Wildman–Crippen LogP) is 0.796. The average Bonchev–Trinajstić information content (AvgIpc) is 3.10. The maximum atomic E-state index is 13.0. The number of aliphatic hydroxyl groups excluding tert-OH is 1. The zero-order valence-electron chi connectivity index (χ0n) is 14.8. The molecule has 9 nitrogen and oxygen atoms in total. The number of hydrogen-bond acceptors (Lipinski definition) is 6.